The van der Waals surface area contributed by atoms with Crippen LogP contribution in [0.3, 0.4) is 0 Å². The van der Waals surface area contributed by atoms with Crippen molar-refractivity contribution in [1.82, 2.24) is 4.57 Å². The van der Waals surface area contributed by atoms with Gasteiger partial charge in [-0.25, -0.2) is 0 Å². The standard InChI is InChI=1S/C12H14BrNO2/c13-11-2-1-10-3-4-14(12(10)9-11)5-7-16-8-6-15/h1-4,9,15H,5-8H2. The average Bonchev–Trinajstić information content (AvgIpc) is 2.67. The predicted molar refractivity (Wildman–Crippen MR) is 67.5 cm³/mol. The van der Waals surface area contributed by atoms with Gasteiger partial charge in [-0.15, -0.1) is 0 Å². The summed E-state index contributed by atoms with van der Waals surface area (Å²) in [4.78, 5) is 0. The van der Waals surface area contributed by atoms with Crippen LogP contribution in [-0.2, 0) is 11.3 Å². The molecule has 3 nitrogen and oxygen atoms in total. The quantitative estimate of drug-likeness (QED) is 0.856. The van der Waals surface area contributed by atoms with E-state index in [1.807, 2.05) is 6.07 Å². The first-order valence-corrected chi connectivity index (χ1v) is 6.03. The Balaban J connectivity index is 2.09. The maximum absolute atomic E-state index is 8.59. The van der Waals surface area contributed by atoms with Crippen LogP contribution in [0.5, 0.6) is 0 Å². The number of aromatic nitrogens is 1. The lowest BCUT2D eigenvalue weighted by molar-refractivity contribution is 0.0875. The summed E-state index contributed by atoms with van der Waals surface area (Å²) in [6.45, 7) is 1.91. The number of hydrogen-bond acceptors (Lipinski definition) is 2. The van der Waals surface area contributed by atoms with Crippen LogP contribution in [0.1, 0.15) is 0 Å². The summed E-state index contributed by atoms with van der Waals surface area (Å²) in [6, 6.07) is 8.31. The van der Waals surface area contributed by atoms with E-state index in [4.69, 9.17) is 9.84 Å². The molecule has 4 heteroatoms. The van der Waals surface area contributed by atoms with Gasteiger partial charge in [-0.1, -0.05) is 22.0 Å². The largest absolute Gasteiger partial charge is 0.394 e. The molecule has 2 rings (SSSR count). The Kier molecular flexibility index (Phi) is 3.98. The number of halogens is 1. The zero-order chi connectivity index (χ0) is 11.4. The van der Waals surface area contributed by atoms with E-state index in [0.717, 1.165) is 11.0 Å². The highest BCUT2D eigenvalue weighted by Gasteiger charge is 2.01. The molecule has 0 fully saturated rings. The first kappa shape index (κ1) is 11.6. The zero-order valence-corrected chi connectivity index (χ0v) is 10.5. The van der Waals surface area contributed by atoms with Crippen molar-refractivity contribution in [1.29, 1.82) is 0 Å². The number of nitrogens with zero attached hydrogens (tertiary/aromatic N) is 1. The van der Waals surface area contributed by atoms with E-state index in [1.54, 1.807) is 0 Å². The van der Waals surface area contributed by atoms with E-state index in [2.05, 4.69) is 44.9 Å². The van der Waals surface area contributed by atoms with Crippen molar-refractivity contribution in [3.05, 3.63) is 34.9 Å². The highest BCUT2D eigenvalue weighted by atomic mass is 79.9. The van der Waals surface area contributed by atoms with Gasteiger partial charge in [0, 0.05) is 22.7 Å². The molecule has 2 aromatic rings. The molecule has 16 heavy (non-hydrogen) atoms. The molecule has 0 amide bonds. The van der Waals surface area contributed by atoms with Crippen LogP contribution in [0.15, 0.2) is 34.9 Å². The molecule has 1 aromatic carbocycles. The lowest BCUT2D eigenvalue weighted by atomic mass is 10.2. The van der Waals surface area contributed by atoms with Crippen molar-refractivity contribution < 1.29 is 9.84 Å². The van der Waals surface area contributed by atoms with Crippen molar-refractivity contribution in [2.24, 2.45) is 0 Å². The van der Waals surface area contributed by atoms with Crippen molar-refractivity contribution >= 4 is 26.8 Å². The van der Waals surface area contributed by atoms with E-state index in [9.17, 15) is 0 Å². The summed E-state index contributed by atoms with van der Waals surface area (Å²) >= 11 is 3.47. The fourth-order valence-electron chi connectivity index (χ4n) is 1.68. The maximum atomic E-state index is 8.59. The second kappa shape index (κ2) is 5.48. The van der Waals surface area contributed by atoms with Gasteiger partial charge < -0.3 is 14.4 Å². The minimum atomic E-state index is 0.0813. The first-order valence-electron chi connectivity index (χ1n) is 5.24. The molecule has 0 saturated heterocycles. The Bertz CT molecular complexity index is 467. The molecule has 0 aliphatic heterocycles. The van der Waals surface area contributed by atoms with Gasteiger partial charge in [0.1, 0.15) is 0 Å². The van der Waals surface area contributed by atoms with E-state index < -0.39 is 0 Å². The van der Waals surface area contributed by atoms with Gasteiger partial charge in [-0.05, 0) is 23.6 Å². The van der Waals surface area contributed by atoms with Gasteiger partial charge in [-0.2, -0.15) is 0 Å². The van der Waals surface area contributed by atoms with Gasteiger partial charge in [0.05, 0.1) is 19.8 Å². The van der Waals surface area contributed by atoms with E-state index in [0.29, 0.717) is 13.2 Å². The highest BCUT2D eigenvalue weighted by molar-refractivity contribution is 9.10. The molecule has 0 spiro atoms. The van der Waals surface area contributed by atoms with Crippen molar-refractivity contribution in [3.8, 4) is 0 Å². The van der Waals surface area contributed by atoms with Gasteiger partial charge in [0.15, 0.2) is 0 Å². The molecule has 1 heterocycles. The molecule has 0 aliphatic rings. The predicted octanol–water partition coefficient (Wildman–Crippen LogP) is 2.41. The van der Waals surface area contributed by atoms with E-state index in [-0.39, 0.29) is 6.61 Å². The molecule has 0 atom stereocenters. The van der Waals surface area contributed by atoms with Crippen LogP contribution in [-0.4, -0.2) is 29.5 Å². The average molecular weight is 284 g/mol. The number of ether oxygens (including phenoxy) is 1. The monoisotopic (exact) mass is 283 g/mol. The van der Waals surface area contributed by atoms with E-state index in [1.165, 1.54) is 10.9 Å². The normalized spacial score (nSPS) is 11.1. The summed E-state index contributed by atoms with van der Waals surface area (Å²) in [6.07, 6.45) is 2.05. The SMILES string of the molecule is OCCOCCn1ccc2ccc(Br)cc21. The van der Waals surface area contributed by atoms with Gasteiger partial charge in [0.25, 0.3) is 0 Å². The molecule has 0 saturated carbocycles. The Morgan fingerprint density at radius 3 is 2.94 bits per heavy atom. The Labute approximate surface area is 103 Å². The van der Waals surface area contributed by atoms with Gasteiger partial charge >= 0.3 is 0 Å². The number of aliphatic hydroxyl groups excluding tert-OH is 1. The second-order valence-electron chi connectivity index (χ2n) is 3.55. The summed E-state index contributed by atoms with van der Waals surface area (Å²) in [5.41, 5.74) is 1.20. The number of benzene rings is 1. The minimum Gasteiger partial charge on any atom is -0.394 e. The fourth-order valence-corrected chi connectivity index (χ4v) is 2.03. The van der Waals surface area contributed by atoms with E-state index >= 15 is 0 Å². The topological polar surface area (TPSA) is 34.4 Å². The van der Waals surface area contributed by atoms with Crippen LogP contribution >= 0.6 is 15.9 Å². The summed E-state index contributed by atoms with van der Waals surface area (Å²) in [5.74, 6) is 0. The van der Waals surface area contributed by atoms with Crippen LogP contribution in [0.25, 0.3) is 10.9 Å². The number of aliphatic hydroxyl groups is 1. The Hall–Kier alpha value is -0.840. The smallest absolute Gasteiger partial charge is 0.0698 e. The van der Waals surface area contributed by atoms with Gasteiger partial charge in [-0.3, -0.25) is 0 Å². The van der Waals surface area contributed by atoms with Gasteiger partial charge in [0.2, 0.25) is 0 Å². The Morgan fingerprint density at radius 1 is 1.25 bits per heavy atom. The second-order valence-corrected chi connectivity index (χ2v) is 4.46. The molecule has 1 aromatic heterocycles. The Morgan fingerprint density at radius 2 is 2.12 bits per heavy atom. The zero-order valence-electron chi connectivity index (χ0n) is 8.90. The lowest BCUT2D eigenvalue weighted by Crippen LogP contribution is -2.07. The number of hydrogen-bond donors (Lipinski definition) is 1. The van der Waals surface area contributed by atoms with Crippen LogP contribution in [0.4, 0.5) is 0 Å². The highest BCUT2D eigenvalue weighted by Crippen LogP contribution is 2.20. The molecule has 0 radical (unpaired) electrons. The first-order chi connectivity index (χ1) is 7.81. The maximum Gasteiger partial charge on any atom is 0.0698 e. The molecule has 0 bridgehead atoms. The summed E-state index contributed by atoms with van der Waals surface area (Å²) in [5, 5.41) is 9.82. The fraction of sp³-hybridized carbons (Fsp3) is 0.333. The lowest BCUT2D eigenvalue weighted by Gasteiger charge is -2.06. The van der Waals surface area contributed by atoms with Crippen molar-refractivity contribution in [2.45, 2.75) is 6.54 Å². The third-order valence-electron chi connectivity index (χ3n) is 2.45. The van der Waals surface area contributed by atoms with Crippen LogP contribution in [0, 0.1) is 0 Å². The third-order valence-corrected chi connectivity index (χ3v) is 2.94. The summed E-state index contributed by atoms with van der Waals surface area (Å²) in [7, 11) is 0. The third kappa shape index (κ3) is 2.64. The van der Waals surface area contributed by atoms with Crippen molar-refractivity contribution in [2.75, 3.05) is 19.8 Å². The van der Waals surface area contributed by atoms with Crippen molar-refractivity contribution in [3.63, 3.8) is 0 Å². The molecular formula is C12H14BrNO2. The molecule has 1 N–H and O–H groups in total. The van der Waals surface area contributed by atoms with Crippen LogP contribution in [0.2, 0.25) is 0 Å². The number of rotatable bonds is 5. The molecular weight excluding hydrogens is 270 g/mol. The molecule has 0 unspecified atom stereocenters. The molecule has 0 aliphatic carbocycles. The van der Waals surface area contributed by atoms with Crippen LogP contribution < -0.4 is 0 Å². The minimum absolute atomic E-state index is 0.0813. The number of fused-ring (bicyclic) bond motifs is 1. The summed E-state index contributed by atoms with van der Waals surface area (Å²) < 4.78 is 8.48. The molecule has 86 valence electrons.